The summed E-state index contributed by atoms with van der Waals surface area (Å²) in [6.45, 7) is 10.7. The fraction of sp³-hybridized carbons (Fsp3) is 0.667. The number of phenolic OH excluding ortho intramolecular Hbond substituents is 1. The zero-order valence-electron chi connectivity index (χ0n) is 13.8. The Labute approximate surface area is 129 Å². The summed E-state index contributed by atoms with van der Waals surface area (Å²) in [7, 11) is 0. The highest BCUT2D eigenvalue weighted by Crippen LogP contribution is 2.22. The Morgan fingerprint density at radius 1 is 1.24 bits per heavy atom. The Hall–Kier alpha value is -1.06. The molecule has 1 aliphatic rings. The maximum atomic E-state index is 9.78. The molecule has 0 saturated carbocycles. The molecule has 2 rings (SSSR count). The monoisotopic (exact) mass is 290 g/mol. The minimum Gasteiger partial charge on any atom is -0.507 e. The molecule has 1 fully saturated rings. The molecule has 1 unspecified atom stereocenters. The van der Waals surface area contributed by atoms with E-state index in [1.54, 1.807) is 0 Å². The van der Waals surface area contributed by atoms with Crippen molar-refractivity contribution in [2.75, 3.05) is 19.6 Å². The molecule has 1 aromatic carbocycles. The van der Waals surface area contributed by atoms with Gasteiger partial charge < -0.3 is 15.3 Å². The zero-order valence-corrected chi connectivity index (χ0v) is 13.8. The number of hydrogen-bond donors (Lipinski definition) is 2. The molecule has 0 radical (unpaired) electrons. The van der Waals surface area contributed by atoms with Gasteiger partial charge in [0.15, 0.2) is 0 Å². The number of nitrogens with zero attached hydrogens (tertiary/aromatic N) is 1. The van der Waals surface area contributed by atoms with Gasteiger partial charge in [0.05, 0.1) is 0 Å². The van der Waals surface area contributed by atoms with E-state index in [0.717, 1.165) is 30.3 Å². The first-order chi connectivity index (χ1) is 10.1. The molecule has 118 valence electrons. The number of nitrogens with one attached hydrogen (secondary N) is 1. The van der Waals surface area contributed by atoms with Crippen LogP contribution >= 0.6 is 0 Å². The van der Waals surface area contributed by atoms with Gasteiger partial charge in [-0.3, -0.25) is 0 Å². The van der Waals surface area contributed by atoms with Crippen LogP contribution in [0.25, 0.3) is 0 Å². The van der Waals surface area contributed by atoms with Crippen LogP contribution in [-0.2, 0) is 6.54 Å². The van der Waals surface area contributed by atoms with Gasteiger partial charge in [-0.05, 0) is 76.4 Å². The van der Waals surface area contributed by atoms with E-state index in [1.165, 1.54) is 44.3 Å². The number of likely N-dealkylation sites (tertiary alicyclic amines) is 1. The summed E-state index contributed by atoms with van der Waals surface area (Å²) in [6, 6.07) is 4.91. The first-order valence-corrected chi connectivity index (χ1v) is 8.32. The Bertz CT molecular complexity index is 436. The van der Waals surface area contributed by atoms with Crippen molar-refractivity contribution in [2.24, 2.45) is 0 Å². The molecule has 0 amide bonds. The van der Waals surface area contributed by atoms with Crippen LogP contribution < -0.4 is 5.32 Å². The van der Waals surface area contributed by atoms with Crippen molar-refractivity contribution in [1.29, 1.82) is 0 Å². The van der Waals surface area contributed by atoms with E-state index in [4.69, 9.17) is 0 Å². The normalized spacial score (nSPS) is 19.9. The van der Waals surface area contributed by atoms with E-state index in [-0.39, 0.29) is 0 Å². The second kappa shape index (κ2) is 7.81. The van der Waals surface area contributed by atoms with Crippen molar-refractivity contribution < 1.29 is 5.11 Å². The Morgan fingerprint density at radius 2 is 1.95 bits per heavy atom. The minimum atomic E-state index is 0.429. The summed E-state index contributed by atoms with van der Waals surface area (Å²) in [5.74, 6) is 0.429. The van der Waals surface area contributed by atoms with Crippen LogP contribution in [0.15, 0.2) is 12.1 Å². The lowest BCUT2D eigenvalue weighted by Gasteiger charge is -2.33. The fourth-order valence-corrected chi connectivity index (χ4v) is 3.28. The molecule has 0 spiro atoms. The van der Waals surface area contributed by atoms with Gasteiger partial charge in [0.2, 0.25) is 0 Å². The largest absolute Gasteiger partial charge is 0.507 e. The van der Waals surface area contributed by atoms with Crippen molar-refractivity contribution in [3.05, 3.63) is 28.8 Å². The van der Waals surface area contributed by atoms with Crippen molar-refractivity contribution >= 4 is 0 Å². The highest BCUT2D eigenvalue weighted by Gasteiger charge is 2.16. The molecule has 21 heavy (non-hydrogen) atoms. The molecular weight excluding hydrogens is 260 g/mol. The quantitative estimate of drug-likeness (QED) is 0.789. The third kappa shape index (κ3) is 4.72. The molecule has 1 aliphatic heterocycles. The van der Waals surface area contributed by atoms with Gasteiger partial charge >= 0.3 is 0 Å². The highest BCUT2D eigenvalue weighted by molar-refractivity contribution is 5.42. The van der Waals surface area contributed by atoms with Gasteiger partial charge in [-0.1, -0.05) is 18.6 Å². The molecule has 0 aliphatic carbocycles. The number of benzene rings is 1. The van der Waals surface area contributed by atoms with E-state index in [1.807, 2.05) is 13.8 Å². The van der Waals surface area contributed by atoms with E-state index >= 15 is 0 Å². The van der Waals surface area contributed by atoms with Gasteiger partial charge in [-0.25, -0.2) is 0 Å². The number of aromatic hydroxyl groups is 1. The van der Waals surface area contributed by atoms with Crippen LogP contribution in [-0.4, -0.2) is 35.7 Å². The standard InChI is InChI=1S/C18H30N2O/c1-14-11-17(12-15(2)18(14)21)13-19-8-6-10-20-9-5-4-7-16(20)3/h11-12,16,19,21H,4-10,13H2,1-3H3. The molecule has 2 N–H and O–H groups in total. The summed E-state index contributed by atoms with van der Waals surface area (Å²) in [5.41, 5.74) is 3.19. The van der Waals surface area contributed by atoms with Crippen LogP contribution in [0.3, 0.4) is 0 Å². The van der Waals surface area contributed by atoms with Gasteiger partial charge in [0.1, 0.15) is 5.75 Å². The molecule has 1 saturated heterocycles. The summed E-state index contributed by atoms with van der Waals surface area (Å²) >= 11 is 0. The molecule has 3 heteroatoms. The molecule has 0 aromatic heterocycles. The maximum absolute atomic E-state index is 9.78. The molecular formula is C18H30N2O. The summed E-state index contributed by atoms with van der Waals surface area (Å²) in [5, 5.41) is 13.3. The SMILES string of the molecule is Cc1cc(CNCCCN2CCCCC2C)cc(C)c1O. The third-order valence-electron chi connectivity index (χ3n) is 4.62. The number of hydrogen-bond acceptors (Lipinski definition) is 3. The van der Waals surface area contributed by atoms with Crippen LogP contribution in [0.4, 0.5) is 0 Å². The van der Waals surface area contributed by atoms with E-state index in [2.05, 4.69) is 29.3 Å². The second-order valence-electron chi connectivity index (χ2n) is 6.49. The molecule has 1 aromatic rings. The van der Waals surface area contributed by atoms with Crippen LogP contribution in [0.2, 0.25) is 0 Å². The zero-order chi connectivity index (χ0) is 15.2. The summed E-state index contributed by atoms with van der Waals surface area (Å²) in [6.07, 6.45) is 5.33. The predicted molar refractivity (Wildman–Crippen MR) is 88.8 cm³/mol. The van der Waals surface area contributed by atoms with E-state index in [9.17, 15) is 5.11 Å². The lowest BCUT2D eigenvalue weighted by molar-refractivity contribution is 0.159. The van der Waals surface area contributed by atoms with Gasteiger partial charge in [0.25, 0.3) is 0 Å². The second-order valence-corrected chi connectivity index (χ2v) is 6.49. The van der Waals surface area contributed by atoms with Crippen molar-refractivity contribution in [3.63, 3.8) is 0 Å². The number of piperidine rings is 1. The summed E-state index contributed by atoms with van der Waals surface area (Å²) < 4.78 is 0. The molecule has 1 heterocycles. The first-order valence-electron chi connectivity index (χ1n) is 8.32. The average molecular weight is 290 g/mol. The topological polar surface area (TPSA) is 35.5 Å². The molecule has 0 bridgehead atoms. The van der Waals surface area contributed by atoms with E-state index < -0.39 is 0 Å². The Morgan fingerprint density at radius 3 is 2.62 bits per heavy atom. The minimum absolute atomic E-state index is 0.429. The van der Waals surface area contributed by atoms with Crippen LogP contribution in [0, 0.1) is 13.8 Å². The lowest BCUT2D eigenvalue weighted by atomic mass is 10.0. The van der Waals surface area contributed by atoms with Gasteiger partial charge in [-0.2, -0.15) is 0 Å². The number of phenols is 1. The maximum Gasteiger partial charge on any atom is 0.121 e. The molecule has 1 atom stereocenters. The predicted octanol–water partition coefficient (Wildman–Crippen LogP) is 3.36. The fourth-order valence-electron chi connectivity index (χ4n) is 3.28. The van der Waals surface area contributed by atoms with Crippen molar-refractivity contribution in [3.8, 4) is 5.75 Å². The first kappa shape index (κ1) is 16.3. The van der Waals surface area contributed by atoms with Crippen LogP contribution in [0.1, 0.15) is 49.3 Å². The number of rotatable bonds is 6. The Kier molecular flexibility index (Phi) is 6.07. The molecule has 3 nitrogen and oxygen atoms in total. The van der Waals surface area contributed by atoms with Gasteiger partial charge in [-0.15, -0.1) is 0 Å². The Balaban J connectivity index is 1.68. The van der Waals surface area contributed by atoms with Crippen molar-refractivity contribution in [2.45, 2.75) is 59.0 Å². The van der Waals surface area contributed by atoms with Crippen LogP contribution in [0.5, 0.6) is 5.75 Å². The van der Waals surface area contributed by atoms with Crippen molar-refractivity contribution in [1.82, 2.24) is 10.2 Å². The van der Waals surface area contributed by atoms with E-state index in [0.29, 0.717) is 5.75 Å². The average Bonchev–Trinajstić information content (AvgIpc) is 2.46. The third-order valence-corrected chi connectivity index (χ3v) is 4.62. The highest BCUT2D eigenvalue weighted by atomic mass is 16.3. The lowest BCUT2D eigenvalue weighted by Crippen LogP contribution is -2.38. The smallest absolute Gasteiger partial charge is 0.121 e. The summed E-state index contributed by atoms with van der Waals surface area (Å²) in [4.78, 5) is 2.63. The van der Waals surface area contributed by atoms with Gasteiger partial charge in [0, 0.05) is 12.6 Å². The number of aryl methyl sites for hydroxylation is 2.